The van der Waals surface area contributed by atoms with Crippen LogP contribution in [0.1, 0.15) is 200 Å². The number of rotatable bonds is 35. The van der Waals surface area contributed by atoms with Crippen molar-refractivity contribution in [1.29, 1.82) is 0 Å². The highest BCUT2D eigenvalue weighted by molar-refractivity contribution is 5.70. The number of aliphatic hydroxyl groups excluding tert-OH is 1. The van der Waals surface area contributed by atoms with Crippen LogP contribution in [0.25, 0.3) is 0 Å². The lowest BCUT2D eigenvalue weighted by Crippen LogP contribution is -2.28. The van der Waals surface area contributed by atoms with Gasteiger partial charge in [0.25, 0.3) is 0 Å². The van der Waals surface area contributed by atoms with E-state index in [-0.39, 0.29) is 25.2 Å². The summed E-state index contributed by atoms with van der Waals surface area (Å²) in [6.45, 7) is 4.09. The minimum atomic E-state index is -0.771. The average Bonchev–Trinajstić information content (AvgIpc) is 3.04. The third-order valence-electron chi connectivity index (χ3n) is 8.50. The summed E-state index contributed by atoms with van der Waals surface area (Å²) < 4.78 is 10.6. The first kappa shape index (κ1) is 43.4. The van der Waals surface area contributed by atoms with E-state index >= 15 is 0 Å². The molecule has 0 unspecified atom stereocenters. The van der Waals surface area contributed by atoms with Crippen molar-refractivity contribution in [1.82, 2.24) is 0 Å². The van der Waals surface area contributed by atoms with Gasteiger partial charge in [-0.3, -0.25) is 9.59 Å². The van der Waals surface area contributed by atoms with Crippen LogP contribution >= 0.6 is 0 Å². The van der Waals surface area contributed by atoms with Crippen molar-refractivity contribution in [3.05, 3.63) is 24.3 Å². The Bertz CT molecular complexity index is 686. The molecule has 5 nitrogen and oxygen atoms in total. The lowest BCUT2D eigenvalue weighted by molar-refractivity contribution is -0.161. The Hall–Kier alpha value is -1.62. The van der Waals surface area contributed by atoms with Crippen molar-refractivity contribution in [2.24, 2.45) is 0 Å². The summed E-state index contributed by atoms with van der Waals surface area (Å²) in [7, 11) is 0. The highest BCUT2D eigenvalue weighted by atomic mass is 16.6. The van der Waals surface area contributed by atoms with Crippen molar-refractivity contribution in [2.75, 3.05) is 13.2 Å². The molecule has 264 valence electrons. The second-order valence-corrected chi connectivity index (χ2v) is 13.0. The quantitative estimate of drug-likeness (QED) is 0.0426. The van der Waals surface area contributed by atoms with Gasteiger partial charge in [-0.2, -0.15) is 0 Å². The van der Waals surface area contributed by atoms with Crippen molar-refractivity contribution in [2.45, 2.75) is 206 Å². The molecule has 0 heterocycles. The lowest BCUT2D eigenvalue weighted by Gasteiger charge is -2.15. The molecule has 0 saturated carbocycles. The van der Waals surface area contributed by atoms with Crippen molar-refractivity contribution in [3.63, 3.8) is 0 Å². The standard InChI is InChI=1S/C40H74O5/c1-3-5-7-9-11-13-15-17-19-20-21-23-25-27-29-31-33-35-40(43)45-38(36-41)37-44-39(42)34-32-30-28-26-24-22-18-16-14-12-10-8-6-4-2/h10,12,16,18,38,41H,3-9,11,13-15,17,19-37H2,1-2H3/b12-10+,18-16+/t38-/m0/s1. The fraction of sp³-hybridized carbons (Fsp3) is 0.850. The summed E-state index contributed by atoms with van der Waals surface area (Å²) in [5.41, 5.74) is 0. The Kier molecular flexibility index (Phi) is 35.5. The van der Waals surface area contributed by atoms with Crippen LogP contribution in [0.5, 0.6) is 0 Å². The molecule has 45 heavy (non-hydrogen) atoms. The molecule has 1 N–H and O–H groups in total. The van der Waals surface area contributed by atoms with Gasteiger partial charge in [0.2, 0.25) is 0 Å². The van der Waals surface area contributed by atoms with Crippen molar-refractivity contribution >= 4 is 11.9 Å². The monoisotopic (exact) mass is 635 g/mol. The van der Waals surface area contributed by atoms with E-state index in [9.17, 15) is 14.7 Å². The molecule has 0 bridgehead atoms. The molecule has 0 spiro atoms. The summed E-state index contributed by atoms with van der Waals surface area (Å²) in [6.07, 6.45) is 42.3. The summed E-state index contributed by atoms with van der Waals surface area (Å²) in [4.78, 5) is 24.2. The number of unbranched alkanes of at least 4 members (excludes halogenated alkanes) is 23. The first-order valence-corrected chi connectivity index (χ1v) is 19.4. The maximum atomic E-state index is 12.2. The molecular formula is C40H74O5. The number of carbonyl (C=O) groups excluding carboxylic acids is 2. The Morgan fingerprint density at radius 1 is 0.511 bits per heavy atom. The summed E-state index contributed by atoms with van der Waals surface area (Å²) >= 11 is 0. The van der Waals surface area contributed by atoms with E-state index < -0.39 is 6.10 Å². The van der Waals surface area contributed by atoms with E-state index in [1.807, 2.05) is 0 Å². The first-order valence-electron chi connectivity index (χ1n) is 19.4. The largest absolute Gasteiger partial charge is 0.462 e. The highest BCUT2D eigenvalue weighted by Gasteiger charge is 2.16. The van der Waals surface area contributed by atoms with E-state index in [0.29, 0.717) is 12.8 Å². The average molecular weight is 635 g/mol. The normalized spacial score (nSPS) is 12.3. The minimum absolute atomic E-state index is 0.0692. The van der Waals surface area contributed by atoms with Gasteiger partial charge >= 0.3 is 11.9 Å². The van der Waals surface area contributed by atoms with Crippen LogP contribution in [0.3, 0.4) is 0 Å². The van der Waals surface area contributed by atoms with Gasteiger partial charge in [-0.05, 0) is 38.5 Å². The molecule has 0 aliphatic heterocycles. The predicted octanol–water partition coefficient (Wildman–Crippen LogP) is 11.9. The van der Waals surface area contributed by atoms with Gasteiger partial charge in [0.1, 0.15) is 6.61 Å². The van der Waals surface area contributed by atoms with E-state index in [1.54, 1.807) is 0 Å². The molecule has 0 radical (unpaired) electrons. The SMILES string of the molecule is CCCC/C=C/C/C=C/CCCCCCCC(=O)OC[C@H](CO)OC(=O)CCCCCCCCCCCCCCCCCCC. The molecule has 1 atom stereocenters. The van der Waals surface area contributed by atoms with Crippen molar-refractivity contribution in [3.8, 4) is 0 Å². The molecule has 0 aromatic heterocycles. The number of hydrogen-bond acceptors (Lipinski definition) is 5. The fourth-order valence-electron chi connectivity index (χ4n) is 5.51. The molecule has 0 amide bonds. The predicted molar refractivity (Wildman–Crippen MR) is 191 cm³/mol. The molecule has 0 rings (SSSR count). The second-order valence-electron chi connectivity index (χ2n) is 13.0. The van der Waals surface area contributed by atoms with E-state index in [1.165, 1.54) is 122 Å². The van der Waals surface area contributed by atoms with E-state index in [4.69, 9.17) is 9.47 Å². The zero-order chi connectivity index (χ0) is 32.9. The van der Waals surface area contributed by atoms with Gasteiger partial charge in [-0.25, -0.2) is 0 Å². The molecule has 0 aliphatic carbocycles. The van der Waals surface area contributed by atoms with Crippen LogP contribution < -0.4 is 0 Å². The molecule has 0 fully saturated rings. The van der Waals surface area contributed by atoms with E-state index in [2.05, 4.69) is 38.2 Å². The van der Waals surface area contributed by atoms with Crippen molar-refractivity contribution < 1.29 is 24.2 Å². The first-order chi connectivity index (χ1) is 22.1. The lowest BCUT2D eigenvalue weighted by atomic mass is 10.0. The number of allylic oxidation sites excluding steroid dienone is 4. The highest BCUT2D eigenvalue weighted by Crippen LogP contribution is 2.15. The van der Waals surface area contributed by atoms with Gasteiger partial charge in [-0.1, -0.05) is 173 Å². The number of ether oxygens (including phenoxy) is 2. The molecular weight excluding hydrogens is 560 g/mol. The Morgan fingerprint density at radius 2 is 0.911 bits per heavy atom. The zero-order valence-electron chi connectivity index (χ0n) is 29.9. The molecule has 0 aromatic rings. The van der Waals surface area contributed by atoms with Crippen LogP contribution in [-0.2, 0) is 19.1 Å². The Balaban J connectivity index is 3.54. The van der Waals surface area contributed by atoms with Crippen LogP contribution in [-0.4, -0.2) is 36.4 Å². The third-order valence-corrected chi connectivity index (χ3v) is 8.50. The van der Waals surface area contributed by atoms with Gasteiger partial charge in [0, 0.05) is 12.8 Å². The number of aliphatic hydroxyl groups is 1. The molecule has 5 heteroatoms. The minimum Gasteiger partial charge on any atom is -0.462 e. The number of hydrogen-bond donors (Lipinski definition) is 1. The van der Waals surface area contributed by atoms with Gasteiger partial charge in [0.15, 0.2) is 6.10 Å². The molecule has 0 aromatic carbocycles. The van der Waals surface area contributed by atoms with Crippen LogP contribution in [0.2, 0.25) is 0 Å². The van der Waals surface area contributed by atoms with Crippen LogP contribution in [0, 0.1) is 0 Å². The van der Waals surface area contributed by atoms with Gasteiger partial charge in [0.05, 0.1) is 6.61 Å². The van der Waals surface area contributed by atoms with Crippen LogP contribution in [0.4, 0.5) is 0 Å². The summed E-state index contributed by atoms with van der Waals surface area (Å²) in [5.74, 6) is -0.600. The summed E-state index contributed by atoms with van der Waals surface area (Å²) in [5, 5.41) is 9.54. The van der Waals surface area contributed by atoms with Crippen LogP contribution in [0.15, 0.2) is 24.3 Å². The maximum absolute atomic E-state index is 12.2. The third kappa shape index (κ3) is 35.1. The molecule has 0 aliphatic rings. The number of carbonyl (C=O) groups is 2. The molecule has 0 saturated heterocycles. The maximum Gasteiger partial charge on any atom is 0.306 e. The smallest absolute Gasteiger partial charge is 0.306 e. The topological polar surface area (TPSA) is 72.8 Å². The van der Waals surface area contributed by atoms with E-state index in [0.717, 1.165) is 51.4 Å². The zero-order valence-corrected chi connectivity index (χ0v) is 29.9. The fourth-order valence-corrected chi connectivity index (χ4v) is 5.51. The second kappa shape index (κ2) is 36.8. The number of esters is 2. The Morgan fingerprint density at radius 3 is 1.38 bits per heavy atom. The van der Waals surface area contributed by atoms with Gasteiger partial charge < -0.3 is 14.6 Å². The Labute approximate surface area is 279 Å². The summed E-state index contributed by atoms with van der Waals surface area (Å²) in [6, 6.07) is 0. The van der Waals surface area contributed by atoms with Gasteiger partial charge in [-0.15, -0.1) is 0 Å².